The van der Waals surface area contributed by atoms with Crippen LogP contribution in [0.15, 0.2) is 108 Å². The molecule has 0 fully saturated rings. The summed E-state index contributed by atoms with van der Waals surface area (Å²) in [6.07, 6.45) is 1.46. The normalized spacial score (nSPS) is 11.9. The lowest BCUT2D eigenvalue weighted by Crippen LogP contribution is -2.30. The van der Waals surface area contributed by atoms with Crippen LogP contribution >= 0.6 is 35.0 Å². The van der Waals surface area contributed by atoms with E-state index in [1.54, 1.807) is 85.8 Å². The van der Waals surface area contributed by atoms with Gasteiger partial charge in [-0.25, -0.2) is 4.39 Å². The summed E-state index contributed by atoms with van der Waals surface area (Å²) in [7, 11) is 0. The number of rotatable bonds is 9. The van der Waals surface area contributed by atoms with Gasteiger partial charge >= 0.3 is 0 Å². The topological polar surface area (TPSA) is 87.3 Å². The van der Waals surface area contributed by atoms with Crippen LogP contribution in [-0.4, -0.2) is 23.0 Å². The Morgan fingerprint density at radius 3 is 2.32 bits per heavy atom. The highest BCUT2D eigenvalue weighted by atomic mass is 35.5. The van der Waals surface area contributed by atoms with Crippen LogP contribution < -0.4 is 16.0 Å². The van der Waals surface area contributed by atoms with Crippen molar-refractivity contribution in [3.8, 4) is 0 Å². The second-order valence-electron chi connectivity index (χ2n) is 8.76. The molecular formula is C31H24Cl2FN3O3S. The van der Waals surface area contributed by atoms with E-state index in [1.807, 2.05) is 0 Å². The second-order valence-corrected chi connectivity index (χ2v) is 11.0. The molecule has 0 saturated heterocycles. The molecule has 0 aliphatic carbocycles. The summed E-state index contributed by atoms with van der Waals surface area (Å²) in [5.74, 6) is -1.96. The lowest BCUT2D eigenvalue weighted by Gasteiger charge is -2.14. The Bertz CT molecular complexity index is 1620. The molecule has 4 rings (SSSR count). The third-order valence-corrected chi connectivity index (χ3v) is 7.35. The third kappa shape index (κ3) is 8.44. The van der Waals surface area contributed by atoms with E-state index in [-0.39, 0.29) is 17.3 Å². The predicted octanol–water partition coefficient (Wildman–Crippen LogP) is 7.66. The van der Waals surface area contributed by atoms with Crippen molar-refractivity contribution in [3.63, 3.8) is 0 Å². The van der Waals surface area contributed by atoms with Crippen LogP contribution in [0, 0.1) is 5.82 Å². The van der Waals surface area contributed by atoms with E-state index in [9.17, 15) is 18.8 Å². The molecule has 1 atom stereocenters. The molecule has 0 bridgehead atoms. The molecule has 0 aliphatic heterocycles. The van der Waals surface area contributed by atoms with Gasteiger partial charge in [-0.05, 0) is 73.2 Å². The Balaban J connectivity index is 1.51. The lowest BCUT2D eigenvalue weighted by atomic mass is 10.1. The number of carbonyl (C=O) groups excluding carboxylic acids is 3. The molecule has 10 heteroatoms. The Labute approximate surface area is 250 Å². The monoisotopic (exact) mass is 607 g/mol. The number of amides is 3. The van der Waals surface area contributed by atoms with Gasteiger partial charge in [0.1, 0.15) is 11.5 Å². The number of benzene rings is 4. The van der Waals surface area contributed by atoms with Crippen LogP contribution in [-0.2, 0) is 9.59 Å². The molecule has 4 aromatic rings. The largest absolute Gasteiger partial charge is 0.323 e. The molecule has 208 valence electrons. The van der Waals surface area contributed by atoms with Gasteiger partial charge in [-0.15, -0.1) is 11.8 Å². The van der Waals surface area contributed by atoms with Gasteiger partial charge in [-0.2, -0.15) is 0 Å². The first-order valence-electron chi connectivity index (χ1n) is 12.4. The zero-order chi connectivity index (χ0) is 29.4. The van der Waals surface area contributed by atoms with E-state index in [1.165, 1.54) is 36.0 Å². The van der Waals surface area contributed by atoms with Crippen molar-refractivity contribution in [2.45, 2.75) is 17.1 Å². The Morgan fingerprint density at radius 2 is 1.59 bits per heavy atom. The van der Waals surface area contributed by atoms with Crippen molar-refractivity contribution in [2.75, 3.05) is 10.6 Å². The van der Waals surface area contributed by atoms with Crippen LogP contribution in [0.25, 0.3) is 6.08 Å². The Hall–Kier alpha value is -4.11. The number of carbonyl (C=O) groups is 3. The number of halogens is 3. The summed E-state index contributed by atoms with van der Waals surface area (Å²) < 4.78 is 13.9. The van der Waals surface area contributed by atoms with Gasteiger partial charge in [0, 0.05) is 26.2 Å². The van der Waals surface area contributed by atoms with Crippen LogP contribution in [0.3, 0.4) is 0 Å². The molecule has 0 heterocycles. The minimum absolute atomic E-state index is 0.0428. The highest BCUT2D eigenvalue weighted by Crippen LogP contribution is 2.28. The fourth-order valence-corrected chi connectivity index (χ4v) is 5.01. The van der Waals surface area contributed by atoms with Crippen molar-refractivity contribution >= 4 is 70.1 Å². The van der Waals surface area contributed by atoms with Gasteiger partial charge in [-0.1, -0.05) is 65.7 Å². The summed E-state index contributed by atoms with van der Waals surface area (Å²) in [6, 6.07) is 26.1. The van der Waals surface area contributed by atoms with Gasteiger partial charge in [0.15, 0.2) is 0 Å². The van der Waals surface area contributed by atoms with E-state index >= 15 is 0 Å². The highest BCUT2D eigenvalue weighted by Gasteiger charge is 2.18. The molecule has 0 spiro atoms. The van der Waals surface area contributed by atoms with Crippen LogP contribution in [0.4, 0.5) is 15.8 Å². The van der Waals surface area contributed by atoms with Crippen molar-refractivity contribution in [2.24, 2.45) is 0 Å². The van der Waals surface area contributed by atoms with Crippen molar-refractivity contribution in [1.82, 2.24) is 5.32 Å². The summed E-state index contributed by atoms with van der Waals surface area (Å²) in [5.41, 5.74) is 1.34. The van der Waals surface area contributed by atoms with E-state index in [4.69, 9.17) is 23.2 Å². The minimum Gasteiger partial charge on any atom is -0.323 e. The zero-order valence-electron chi connectivity index (χ0n) is 21.7. The van der Waals surface area contributed by atoms with E-state index in [0.29, 0.717) is 31.8 Å². The summed E-state index contributed by atoms with van der Waals surface area (Å²) >= 11 is 13.6. The number of anilines is 2. The Kier molecular flexibility index (Phi) is 10.2. The molecule has 0 saturated carbocycles. The fraction of sp³-hybridized carbons (Fsp3) is 0.0645. The van der Waals surface area contributed by atoms with Crippen molar-refractivity contribution < 1.29 is 18.8 Å². The number of hydrogen-bond donors (Lipinski definition) is 3. The molecule has 4 aromatic carbocycles. The number of nitrogens with one attached hydrogen (secondary N) is 3. The fourth-order valence-electron chi connectivity index (χ4n) is 3.62. The quantitative estimate of drug-likeness (QED) is 0.135. The lowest BCUT2D eigenvalue weighted by molar-refractivity contribution is -0.115. The molecule has 3 amide bonds. The van der Waals surface area contributed by atoms with Crippen LogP contribution in [0.5, 0.6) is 0 Å². The van der Waals surface area contributed by atoms with Gasteiger partial charge < -0.3 is 16.0 Å². The van der Waals surface area contributed by atoms with Gasteiger partial charge in [0.2, 0.25) is 5.91 Å². The average molecular weight is 609 g/mol. The standard InChI is InChI=1S/C31H24Cl2FN3O3S/c1-19(29(38)36-27-13-6-5-12-26(27)34)41-24-11-7-10-23(18-24)35-31(40)28(16-21-14-15-22(32)17-25(21)33)37-30(39)20-8-3-2-4-9-20/h2-19H,1H3,(H,35,40)(H,36,38)(H,37,39)/b28-16+. The second kappa shape index (κ2) is 14.0. The minimum atomic E-state index is -0.590. The first kappa shape index (κ1) is 29.9. The third-order valence-electron chi connectivity index (χ3n) is 5.70. The molecular weight excluding hydrogens is 584 g/mol. The molecule has 1 unspecified atom stereocenters. The zero-order valence-corrected chi connectivity index (χ0v) is 24.0. The van der Waals surface area contributed by atoms with Gasteiger partial charge in [0.25, 0.3) is 11.8 Å². The SMILES string of the molecule is CC(Sc1cccc(NC(=O)/C(=C\c2ccc(Cl)cc2Cl)NC(=O)c2ccccc2)c1)C(=O)Nc1ccccc1F. The number of hydrogen-bond acceptors (Lipinski definition) is 4. The smallest absolute Gasteiger partial charge is 0.272 e. The van der Waals surface area contributed by atoms with Crippen LogP contribution in [0.2, 0.25) is 10.0 Å². The summed E-state index contributed by atoms with van der Waals surface area (Å²) in [4.78, 5) is 39.6. The molecule has 3 N–H and O–H groups in total. The molecule has 0 aromatic heterocycles. The van der Waals surface area contributed by atoms with Crippen molar-refractivity contribution in [3.05, 3.63) is 130 Å². The van der Waals surface area contributed by atoms with E-state index < -0.39 is 22.9 Å². The molecule has 0 radical (unpaired) electrons. The summed E-state index contributed by atoms with van der Waals surface area (Å²) in [5, 5.41) is 8.20. The highest BCUT2D eigenvalue weighted by molar-refractivity contribution is 8.00. The van der Waals surface area contributed by atoms with E-state index in [0.717, 1.165) is 0 Å². The molecule has 6 nitrogen and oxygen atoms in total. The first-order chi connectivity index (χ1) is 19.7. The maximum Gasteiger partial charge on any atom is 0.272 e. The summed E-state index contributed by atoms with van der Waals surface area (Å²) in [6.45, 7) is 1.70. The molecule has 41 heavy (non-hydrogen) atoms. The van der Waals surface area contributed by atoms with Crippen LogP contribution in [0.1, 0.15) is 22.8 Å². The van der Waals surface area contributed by atoms with Gasteiger partial charge in [0.05, 0.1) is 10.9 Å². The van der Waals surface area contributed by atoms with Crippen molar-refractivity contribution in [1.29, 1.82) is 0 Å². The molecule has 0 aliphatic rings. The maximum atomic E-state index is 13.9. The Morgan fingerprint density at radius 1 is 0.854 bits per heavy atom. The maximum absolute atomic E-state index is 13.9. The number of thioether (sulfide) groups is 1. The average Bonchev–Trinajstić information content (AvgIpc) is 2.95. The predicted molar refractivity (Wildman–Crippen MR) is 164 cm³/mol. The number of para-hydroxylation sites is 1. The van der Waals surface area contributed by atoms with Gasteiger partial charge in [-0.3, -0.25) is 14.4 Å². The van der Waals surface area contributed by atoms with E-state index in [2.05, 4.69) is 16.0 Å². The first-order valence-corrected chi connectivity index (χ1v) is 14.0.